The van der Waals surface area contributed by atoms with E-state index in [-0.39, 0.29) is 11.9 Å². The van der Waals surface area contributed by atoms with Crippen LogP contribution in [-0.2, 0) is 6.54 Å². The number of aryl methyl sites for hydroxylation is 1. The molecule has 0 fully saturated rings. The maximum absolute atomic E-state index is 12.5. The van der Waals surface area contributed by atoms with Crippen molar-refractivity contribution in [1.29, 1.82) is 0 Å². The average molecular weight is 433 g/mol. The number of nitrogens with zero attached hydrogens (tertiary/aromatic N) is 6. The van der Waals surface area contributed by atoms with Gasteiger partial charge in [0.25, 0.3) is 5.95 Å². The summed E-state index contributed by atoms with van der Waals surface area (Å²) in [4.78, 5) is 16.0. The smallest absolute Gasteiger partial charge is 0.422 e. The lowest BCUT2D eigenvalue weighted by Gasteiger charge is -2.09. The van der Waals surface area contributed by atoms with E-state index in [2.05, 4.69) is 35.1 Å². The molecular formula is C19H18F3N7O2. The monoisotopic (exact) mass is 433 g/mol. The van der Waals surface area contributed by atoms with Crippen LogP contribution < -0.4 is 14.8 Å². The van der Waals surface area contributed by atoms with Gasteiger partial charge in [-0.2, -0.15) is 33.2 Å². The van der Waals surface area contributed by atoms with E-state index in [1.54, 1.807) is 29.2 Å². The minimum absolute atomic E-state index is 0.0104. The number of benzene rings is 1. The van der Waals surface area contributed by atoms with Crippen molar-refractivity contribution in [3.8, 4) is 11.8 Å². The Morgan fingerprint density at radius 3 is 2.74 bits per heavy atom. The second-order valence-corrected chi connectivity index (χ2v) is 6.65. The normalized spacial score (nSPS) is 14.3. The summed E-state index contributed by atoms with van der Waals surface area (Å²) in [6.07, 6.45) is 1.97. The number of aliphatic imine (C=N–C) groups is 1. The summed E-state index contributed by atoms with van der Waals surface area (Å²) < 4.78 is 49.8. The summed E-state index contributed by atoms with van der Waals surface area (Å²) >= 11 is 0. The fraction of sp³-hybridized carbons (Fsp3) is 0.316. The number of aromatic nitrogens is 5. The van der Waals surface area contributed by atoms with Gasteiger partial charge in [-0.3, -0.25) is 4.68 Å². The van der Waals surface area contributed by atoms with Gasteiger partial charge >= 0.3 is 12.2 Å². The highest BCUT2D eigenvalue weighted by atomic mass is 19.4. The third kappa shape index (κ3) is 6.14. The van der Waals surface area contributed by atoms with Crippen molar-refractivity contribution in [3.05, 3.63) is 42.2 Å². The quantitative estimate of drug-likeness (QED) is 0.658. The minimum Gasteiger partial charge on any atom is -0.494 e. The topological polar surface area (TPSA) is 99.3 Å². The highest BCUT2D eigenvalue weighted by Crippen LogP contribution is 2.21. The van der Waals surface area contributed by atoms with Gasteiger partial charge < -0.3 is 14.8 Å². The molecule has 162 valence electrons. The second kappa shape index (κ2) is 8.98. The number of ether oxygens (including phenoxy) is 2. The Hall–Kier alpha value is -3.70. The van der Waals surface area contributed by atoms with E-state index in [1.165, 1.54) is 6.21 Å². The maximum Gasteiger partial charge on any atom is 0.422 e. The molecule has 12 heteroatoms. The first-order valence-electron chi connectivity index (χ1n) is 9.45. The first-order chi connectivity index (χ1) is 14.9. The van der Waals surface area contributed by atoms with Crippen LogP contribution in [0.5, 0.6) is 11.8 Å². The van der Waals surface area contributed by atoms with Gasteiger partial charge in [0.2, 0.25) is 5.95 Å². The molecule has 2 aromatic heterocycles. The Morgan fingerprint density at radius 2 is 1.94 bits per heavy atom. The molecule has 0 saturated carbocycles. The van der Waals surface area contributed by atoms with Crippen LogP contribution in [0.3, 0.4) is 0 Å². The van der Waals surface area contributed by atoms with Crippen molar-refractivity contribution in [2.75, 3.05) is 18.5 Å². The molecule has 0 radical (unpaired) electrons. The highest BCUT2D eigenvalue weighted by molar-refractivity contribution is 5.81. The Balaban J connectivity index is 1.65. The van der Waals surface area contributed by atoms with Gasteiger partial charge in [-0.15, -0.1) is 0 Å². The van der Waals surface area contributed by atoms with Crippen molar-refractivity contribution < 1.29 is 22.6 Å². The zero-order valence-corrected chi connectivity index (χ0v) is 16.2. The minimum atomic E-state index is -4.53. The molecule has 2 aliphatic heterocycles. The summed E-state index contributed by atoms with van der Waals surface area (Å²) in [6, 6.07) is 6.72. The molecule has 4 heterocycles. The zero-order chi connectivity index (χ0) is 21.7. The van der Waals surface area contributed by atoms with Gasteiger partial charge in [0.15, 0.2) is 6.61 Å². The van der Waals surface area contributed by atoms with Crippen molar-refractivity contribution in [2.45, 2.75) is 25.6 Å². The molecule has 5 rings (SSSR count). The largest absolute Gasteiger partial charge is 0.494 e. The SMILES string of the molecule is FC(F)(F)COc1nc2nc(n1)Nc1cnn(c1)CCCCOc1ccc(cc1)C=N2. The number of hydrogen-bond donors (Lipinski definition) is 1. The third-order valence-corrected chi connectivity index (χ3v) is 4.12. The molecule has 0 spiro atoms. The second-order valence-electron chi connectivity index (χ2n) is 6.65. The van der Waals surface area contributed by atoms with Crippen LogP contribution in [0.2, 0.25) is 0 Å². The number of hydrogen-bond acceptors (Lipinski definition) is 8. The van der Waals surface area contributed by atoms with Gasteiger partial charge in [-0.1, -0.05) is 0 Å². The molecule has 0 amide bonds. The zero-order valence-electron chi connectivity index (χ0n) is 16.2. The van der Waals surface area contributed by atoms with Crippen molar-refractivity contribution >= 4 is 23.8 Å². The molecule has 3 aromatic rings. The van der Waals surface area contributed by atoms with Gasteiger partial charge in [0, 0.05) is 19.0 Å². The summed E-state index contributed by atoms with van der Waals surface area (Å²) in [7, 11) is 0. The number of rotatable bonds is 2. The van der Waals surface area contributed by atoms with E-state index in [0.717, 1.165) is 24.2 Å². The highest BCUT2D eigenvalue weighted by Gasteiger charge is 2.29. The van der Waals surface area contributed by atoms with Crippen LogP contribution in [-0.4, -0.2) is 50.3 Å². The lowest BCUT2D eigenvalue weighted by Crippen LogP contribution is -2.20. The molecule has 0 aliphatic carbocycles. The van der Waals surface area contributed by atoms with Crippen molar-refractivity contribution in [1.82, 2.24) is 24.7 Å². The van der Waals surface area contributed by atoms with E-state index >= 15 is 0 Å². The van der Waals surface area contributed by atoms with Crippen LogP contribution in [0.25, 0.3) is 0 Å². The van der Waals surface area contributed by atoms with Crippen LogP contribution >= 0.6 is 0 Å². The lowest BCUT2D eigenvalue weighted by atomic mass is 10.2. The number of alkyl halides is 3. The summed E-state index contributed by atoms with van der Waals surface area (Å²) in [5.41, 5.74) is 1.30. The average Bonchev–Trinajstić information content (AvgIpc) is 3.17. The van der Waals surface area contributed by atoms with E-state index in [4.69, 9.17) is 4.74 Å². The molecule has 1 N–H and O–H groups in total. The first kappa shape index (κ1) is 20.6. The Bertz CT molecular complexity index is 1050. The van der Waals surface area contributed by atoms with Crippen LogP contribution in [0.15, 0.2) is 41.7 Å². The van der Waals surface area contributed by atoms with Crippen LogP contribution in [0, 0.1) is 0 Å². The Kier molecular flexibility index (Phi) is 5.96. The van der Waals surface area contributed by atoms with Gasteiger partial charge in [0.05, 0.1) is 18.5 Å². The maximum atomic E-state index is 12.5. The molecular weight excluding hydrogens is 415 g/mol. The molecule has 6 bridgehead atoms. The fourth-order valence-corrected chi connectivity index (χ4v) is 2.70. The van der Waals surface area contributed by atoms with E-state index < -0.39 is 18.8 Å². The van der Waals surface area contributed by atoms with E-state index in [1.807, 2.05) is 12.1 Å². The van der Waals surface area contributed by atoms with Crippen molar-refractivity contribution in [3.63, 3.8) is 0 Å². The van der Waals surface area contributed by atoms with Crippen molar-refractivity contribution in [2.24, 2.45) is 4.99 Å². The molecule has 2 aliphatic rings. The first-order valence-corrected chi connectivity index (χ1v) is 9.45. The molecule has 9 nitrogen and oxygen atoms in total. The van der Waals surface area contributed by atoms with Gasteiger partial charge in [-0.25, -0.2) is 4.99 Å². The number of nitrogens with one attached hydrogen (secondary N) is 1. The predicted octanol–water partition coefficient (Wildman–Crippen LogP) is 3.68. The molecule has 0 unspecified atom stereocenters. The van der Waals surface area contributed by atoms with Crippen LogP contribution in [0.4, 0.5) is 30.8 Å². The Labute approximate surface area is 175 Å². The third-order valence-electron chi connectivity index (χ3n) is 4.12. The molecule has 1 aromatic carbocycles. The summed E-state index contributed by atoms with van der Waals surface area (Å²) in [6.45, 7) is -0.265. The lowest BCUT2D eigenvalue weighted by molar-refractivity contribution is -0.154. The fourth-order valence-electron chi connectivity index (χ4n) is 2.70. The van der Waals surface area contributed by atoms with Gasteiger partial charge in [-0.05, 0) is 42.7 Å². The van der Waals surface area contributed by atoms with Crippen LogP contribution in [0.1, 0.15) is 18.4 Å². The number of halogens is 3. The summed E-state index contributed by atoms with van der Waals surface area (Å²) in [5, 5.41) is 7.14. The van der Waals surface area contributed by atoms with Gasteiger partial charge in [0.1, 0.15) is 5.75 Å². The molecule has 31 heavy (non-hydrogen) atoms. The van der Waals surface area contributed by atoms with E-state index in [0.29, 0.717) is 18.8 Å². The predicted molar refractivity (Wildman–Crippen MR) is 105 cm³/mol. The number of anilines is 2. The Morgan fingerprint density at radius 1 is 1.10 bits per heavy atom. The number of fused-ring (bicyclic) bond motifs is 6. The molecule has 0 atom stereocenters. The standard InChI is InChI=1S/C19H18F3N7O2/c20-19(21,22)12-31-18-27-16-23-9-13-3-5-15(6-4-13)30-8-2-1-7-29-11-14(10-24-29)25-17(26-16)28-18/h3-6,9-11H,1-2,7-8,12H2,(H,25,26,27,28). The van der Waals surface area contributed by atoms with E-state index in [9.17, 15) is 13.2 Å². The summed E-state index contributed by atoms with van der Waals surface area (Å²) in [5.74, 6) is 0.612. The molecule has 0 saturated heterocycles.